The van der Waals surface area contributed by atoms with Crippen molar-refractivity contribution in [2.45, 2.75) is 6.04 Å². The van der Waals surface area contributed by atoms with Gasteiger partial charge in [-0.25, -0.2) is 4.39 Å². The topological polar surface area (TPSA) is 44.8 Å². The second-order valence-electron chi connectivity index (χ2n) is 5.27. The number of nitrogens with zero attached hydrogens (tertiary/aromatic N) is 2. The van der Waals surface area contributed by atoms with Gasteiger partial charge < -0.3 is 15.0 Å². The molecule has 0 spiro atoms. The Morgan fingerprint density at radius 1 is 1.48 bits per heavy atom. The molecule has 1 saturated heterocycles. The van der Waals surface area contributed by atoms with E-state index in [0.29, 0.717) is 19.7 Å². The van der Waals surface area contributed by atoms with Gasteiger partial charge in [-0.1, -0.05) is 12.1 Å². The number of likely N-dealkylation sites (N-methyl/N-ethyl adjacent to an activating group) is 1. The highest BCUT2D eigenvalue weighted by atomic mass is 19.1. The zero-order valence-electron chi connectivity index (χ0n) is 12.5. The van der Waals surface area contributed by atoms with Gasteiger partial charge in [0.2, 0.25) is 5.91 Å². The Labute approximate surface area is 124 Å². The second-order valence-corrected chi connectivity index (χ2v) is 5.27. The molecule has 6 heteroatoms. The molecule has 1 heterocycles. The van der Waals surface area contributed by atoms with E-state index in [1.807, 2.05) is 0 Å². The first-order chi connectivity index (χ1) is 10.1. The molecule has 116 valence electrons. The summed E-state index contributed by atoms with van der Waals surface area (Å²) in [6.45, 7) is 3.22. The Morgan fingerprint density at radius 3 is 2.95 bits per heavy atom. The Bertz CT molecular complexity index is 482. The highest BCUT2D eigenvalue weighted by Crippen LogP contribution is 2.15. The quantitative estimate of drug-likeness (QED) is 0.862. The Balaban J connectivity index is 1.88. The van der Waals surface area contributed by atoms with E-state index in [1.165, 1.54) is 6.07 Å². The van der Waals surface area contributed by atoms with Crippen molar-refractivity contribution in [2.75, 3.05) is 46.9 Å². The van der Waals surface area contributed by atoms with Crippen LogP contribution in [-0.4, -0.2) is 68.6 Å². The molecular weight excluding hydrogens is 273 g/mol. The fraction of sp³-hybridized carbons (Fsp3) is 0.533. The largest absolute Gasteiger partial charge is 0.489 e. The maximum Gasteiger partial charge on any atom is 0.240 e. The van der Waals surface area contributed by atoms with E-state index < -0.39 is 0 Å². The Morgan fingerprint density at radius 2 is 2.24 bits per heavy atom. The molecule has 0 radical (unpaired) electrons. The molecule has 5 nitrogen and oxygen atoms in total. The van der Waals surface area contributed by atoms with Crippen molar-refractivity contribution in [3.8, 4) is 5.75 Å². The number of ether oxygens (including phenoxy) is 1. The summed E-state index contributed by atoms with van der Waals surface area (Å²) in [6.07, 6.45) is 0. The number of piperazine rings is 1. The van der Waals surface area contributed by atoms with Gasteiger partial charge in [0, 0.05) is 40.3 Å². The Hall–Kier alpha value is -1.66. The lowest BCUT2D eigenvalue weighted by molar-refractivity contribution is -0.135. The first kappa shape index (κ1) is 15.7. The lowest BCUT2D eigenvalue weighted by atomic mass is 10.1. The lowest BCUT2D eigenvalue weighted by Crippen LogP contribution is -2.58. The third kappa shape index (κ3) is 4.15. The highest BCUT2D eigenvalue weighted by Gasteiger charge is 2.29. The predicted molar refractivity (Wildman–Crippen MR) is 78.8 cm³/mol. The van der Waals surface area contributed by atoms with Crippen LogP contribution >= 0.6 is 0 Å². The first-order valence-corrected chi connectivity index (χ1v) is 7.13. The van der Waals surface area contributed by atoms with Crippen LogP contribution in [0.25, 0.3) is 0 Å². The molecule has 0 bridgehead atoms. The van der Waals surface area contributed by atoms with Gasteiger partial charge in [0.1, 0.15) is 12.6 Å². The van der Waals surface area contributed by atoms with Crippen LogP contribution in [0, 0.1) is 5.82 Å². The van der Waals surface area contributed by atoms with Crippen LogP contribution in [0.15, 0.2) is 24.3 Å². The Kier molecular flexibility index (Phi) is 5.52. The maximum absolute atomic E-state index is 13.5. The van der Waals surface area contributed by atoms with Gasteiger partial charge in [-0.3, -0.25) is 9.69 Å². The van der Waals surface area contributed by atoms with Crippen LogP contribution in [0.4, 0.5) is 4.39 Å². The summed E-state index contributed by atoms with van der Waals surface area (Å²) in [4.78, 5) is 15.8. The van der Waals surface area contributed by atoms with E-state index in [1.54, 1.807) is 37.2 Å². The molecule has 0 saturated carbocycles. The van der Waals surface area contributed by atoms with Gasteiger partial charge in [0.25, 0.3) is 0 Å². The van der Waals surface area contributed by atoms with Gasteiger partial charge in [0.15, 0.2) is 11.6 Å². The van der Waals surface area contributed by atoms with Gasteiger partial charge in [0.05, 0.1) is 0 Å². The lowest BCUT2D eigenvalue weighted by Gasteiger charge is -2.36. The standard InChI is InChI=1S/C15H22FN3O2/c1-18(2)15(20)13-11-17-7-8-19(13)9-10-21-14-6-4-3-5-12(14)16/h3-6,13,17H,7-11H2,1-2H3. The van der Waals surface area contributed by atoms with Crippen LogP contribution in [0.2, 0.25) is 0 Å². The molecule has 1 N–H and O–H groups in total. The summed E-state index contributed by atoms with van der Waals surface area (Å²) in [7, 11) is 3.51. The van der Waals surface area contributed by atoms with E-state index >= 15 is 0 Å². The maximum atomic E-state index is 13.5. The van der Waals surface area contributed by atoms with Crippen molar-refractivity contribution in [2.24, 2.45) is 0 Å². The molecule has 1 fully saturated rings. The number of halogens is 1. The van der Waals surface area contributed by atoms with E-state index in [0.717, 1.165) is 13.1 Å². The molecule has 0 aromatic heterocycles. The van der Waals surface area contributed by atoms with Crippen molar-refractivity contribution in [3.05, 3.63) is 30.1 Å². The number of para-hydroxylation sites is 1. The number of hydrogen-bond donors (Lipinski definition) is 1. The molecular formula is C15H22FN3O2. The minimum atomic E-state index is -0.362. The second kappa shape index (κ2) is 7.38. The molecule has 21 heavy (non-hydrogen) atoms. The van der Waals surface area contributed by atoms with E-state index in [-0.39, 0.29) is 23.5 Å². The van der Waals surface area contributed by atoms with Crippen LogP contribution in [0.5, 0.6) is 5.75 Å². The number of rotatable bonds is 5. The van der Waals surface area contributed by atoms with E-state index in [4.69, 9.17) is 4.74 Å². The van der Waals surface area contributed by atoms with Crippen LogP contribution in [0.3, 0.4) is 0 Å². The molecule has 1 atom stereocenters. The summed E-state index contributed by atoms with van der Waals surface area (Å²) in [6, 6.07) is 6.16. The molecule has 0 aliphatic carbocycles. The van der Waals surface area contributed by atoms with Crippen molar-refractivity contribution in [1.29, 1.82) is 0 Å². The average molecular weight is 295 g/mol. The third-order valence-corrected chi connectivity index (χ3v) is 3.55. The summed E-state index contributed by atoms with van der Waals surface area (Å²) in [5.41, 5.74) is 0. The summed E-state index contributed by atoms with van der Waals surface area (Å²) >= 11 is 0. The number of benzene rings is 1. The van der Waals surface area contributed by atoms with Crippen molar-refractivity contribution in [3.63, 3.8) is 0 Å². The van der Waals surface area contributed by atoms with Crippen molar-refractivity contribution in [1.82, 2.24) is 15.1 Å². The van der Waals surface area contributed by atoms with E-state index in [9.17, 15) is 9.18 Å². The van der Waals surface area contributed by atoms with Crippen molar-refractivity contribution >= 4 is 5.91 Å². The monoisotopic (exact) mass is 295 g/mol. The van der Waals surface area contributed by atoms with Crippen LogP contribution in [0.1, 0.15) is 0 Å². The summed E-state index contributed by atoms with van der Waals surface area (Å²) in [5, 5.41) is 3.23. The van der Waals surface area contributed by atoms with E-state index in [2.05, 4.69) is 10.2 Å². The van der Waals surface area contributed by atoms with Crippen LogP contribution in [-0.2, 0) is 4.79 Å². The van der Waals surface area contributed by atoms with Crippen LogP contribution < -0.4 is 10.1 Å². The molecule has 2 rings (SSSR count). The zero-order valence-corrected chi connectivity index (χ0v) is 12.5. The minimum Gasteiger partial charge on any atom is -0.489 e. The van der Waals surface area contributed by atoms with Gasteiger partial charge in [-0.15, -0.1) is 0 Å². The number of carbonyl (C=O) groups excluding carboxylic acids is 1. The first-order valence-electron chi connectivity index (χ1n) is 7.13. The highest BCUT2D eigenvalue weighted by molar-refractivity contribution is 5.81. The molecule has 1 aromatic rings. The number of carbonyl (C=O) groups is 1. The summed E-state index contributed by atoms with van der Waals surface area (Å²) in [5.74, 6) is -0.0325. The molecule has 1 unspecified atom stereocenters. The minimum absolute atomic E-state index is 0.0769. The smallest absolute Gasteiger partial charge is 0.240 e. The zero-order chi connectivity index (χ0) is 15.2. The van der Waals surface area contributed by atoms with Gasteiger partial charge >= 0.3 is 0 Å². The van der Waals surface area contributed by atoms with Gasteiger partial charge in [-0.05, 0) is 12.1 Å². The third-order valence-electron chi connectivity index (χ3n) is 3.55. The van der Waals surface area contributed by atoms with Gasteiger partial charge in [-0.2, -0.15) is 0 Å². The summed E-state index contributed by atoms with van der Waals surface area (Å²) < 4.78 is 18.9. The predicted octanol–water partition coefficient (Wildman–Crippen LogP) is 0.567. The molecule has 1 aliphatic heterocycles. The fourth-order valence-corrected chi connectivity index (χ4v) is 2.39. The molecule has 1 aromatic carbocycles. The molecule has 1 aliphatic rings. The number of nitrogens with one attached hydrogen (secondary N) is 1. The molecule has 1 amide bonds. The average Bonchev–Trinajstić information content (AvgIpc) is 2.49. The normalized spacial score (nSPS) is 19.3. The SMILES string of the molecule is CN(C)C(=O)C1CNCCN1CCOc1ccccc1F. The van der Waals surface area contributed by atoms with Crippen molar-refractivity contribution < 1.29 is 13.9 Å². The number of amides is 1. The number of hydrogen-bond acceptors (Lipinski definition) is 4. The fourth-order valence-electron chi connectivity index (χ4n) is 2.39.